The van der Waals surface area contributed by atoms with Gasteiger partial charge in [0.05, 0.1) is 11.3 Å². The number of aromatic nitrogens is 2. The smallest absolute Gasteiger partial charge is 0.213 e. The third-order valence-corrected chi connectivity index (χ3v) is 6.93. The fraction of sp³-hybridized carbons (Fsp3) is 0.214. The van der Waals surface area contributed by atoms with Gasteiger partial charge in [0, 0.05) is 29.8 Å². The number of hydrogen-bond donors (Lipinski definition) is 0. The molecule has 2 heterocycles. The number of hydrogen-bond acceptors (Lipinski definition) is 1. The van der Waals surface area contributed by atoms with E-state index in [1.165, 1.54) is 67.0 Å². The Morgan fingerprint density at radius 2 is 1.60 bits per heavy atom. The molecule has 6 rings (SSSR count). The summed E-state index contributed by atoms with van der Waals surface area (Å²) in [6.45, 7) is 6.60. The maximum atomic E-state index is 4.95. The second kappa shape index (κ2) is 6.12. The minimum absolute atomic E-state index is 0.909. The molecule has 0 N–H and O–H groups in total. The summed E-state index contributed by atoms with van der Waals surface area (Å²) in [4.78, 5) is 4.95. The first-order valence-electron chi connectivity index (χ1n) is 10.7. The van der Waals surface area contributed by atoms with E-state index < -0.39 is 0 Å². The van der Waals surface area contributed by atoms with E-state index in [2.05, 4.69) is 87.1 Å². The molecule has 0 fully saturated rings. The zero-order valence-electron chi connectivity index (χ0n) is 18.0. The van der Waals surface area contributed by atoms with Crippen LogP contribution in [0.4, 0.5) is 0 Å². The van der Waals surface area contributed by atoms with Crippen LogP contribution in [-0.4, -0.2) is 4.98 Å². The number of pyridine rings is 2. The first kappa shape index (κ1) is 17.6. The van der Waals surface area contributed by atoms with Crippen molar-refractivity contribution in [2.45, 2.75) is 33.6 Å². The average molecular weight is 390 g/mol. The van der Waals surface area contributed by atoms with Crippen molar-refractivity contribution in [1.29, 1.82) is 0 Å². The highest BCUT2D eigenvalue weighted by Gasteiger charge is 2.35. The van der Waals surface area contributed by atoms with Crippen LogP contribution in [0.15, 0.2) is 54.7 Å². The standard InChI is InChI=1S/C28H25N2/c1-16-11-12-30(4)25(13-16)26-18(3)22-14-19-7-5-6-8-20(19)27(22)28-21-10-9-17(2)29-24(21)15-23(26)28/h5-13H,14-15H2,1-4H3/q+1. The predicted octanol–water partition coefficient (Wildman–Crippen LogP) is 5.64. The fourth-order valence-corrected chi connectivity index (χ4v) is 5.50. The van der Waals surface area contributed by atoms with Gasteiger partial charge in [-0.3, -0.25) is 4.98 Å². The first-order chi connectivity index (χ1) is 14.5. The maximum Gasteiger partial charge on any atom is 0.213 e. The number of nitrogens with zero attached hydrogens (tertiary/aromatic N) is 2. The number of aryl methyl sites for hydroxylation is 3. The quantitative estimate of drug-likeness (QED) is 0.333. The molecule has 0 spiro atoms. The number of rotatable bonds is 1. The molecule has 0 saturated heterocycles. The van der Waals surface area contributed by atoms with Gasteiger partial charge in [0.1, 0.15) is 7.05 Å². The zero-order valence-corrected chi connectivity index (χ0v) is 18.0. The first-order valence-corrected chi connectivity index (χ1v) is 10.7. The second-order valence-corrected chi connectivity index (χ2v) is 8.86. The lowest BCUT2D eigenvalue weighted by Crippen LogP contribution is -2.31. The van der Waals surface area contributed by atoms with E-state index in [1.807, 2.05) is 0 Å². The van der Waals surface area contributed by atoms with Crippen molar-refractivity contribution in [2.75, 3.05) is 0 Å². The lowest BCUT2D eigenvalue weighted by Gasteiger charge is -2.18. The molecule has 0 aliphatic heterocycles. The predicted molar refractivity (Wildman–Crippen MR) is 122 cm³/mol. The van der Waals surface area contributed by atoms with Crippen molar-refractivity contribution >= 4 is 0 Å². The highest BCUT2D eigenvalue weighted by atomic mass is 14.9. The molecule has 0 amide bonds. The van der Waals surface area contributed by atoms with Gasteiger partial charge in [-0.15, -0.1) is 0 Å². The summed E-state index contributed by atoms with van der Waals surface area (Å²) in [5.74, 6) is 0. The van der Waals surface area contributed by atoms with E-state index >= 15 is 0 Å². The van der Waals surface area contributed by atoms with E-state index in [9.17, 15) is 0 Å². The van der Waals surface area contributed by atoms with E-state index in [0.717, 1.165) is 18.5 Å². The van der Waals surface area contributed by atoms with Crippen LogP contribution in [0.1, 0.15) is 39.2 Å². The van der Waals surface area contributed by atoms with Gasteiger partial charge in [0.15, 0.2) is 6.20 Å². The van der Waals surface area contributed by atoms with E-state index in [0.29, 0.717) is 0 Å². The fourth-order valence-electron chi connectivity index (χ4n) is 5.50. The van der Waals surface area contributed by atoms with Crippen molar-refractivity contribution in [2.24, 2.45) is 7.05 Å². The molecule has 2 aromatic heterocycles. The van der Waals surface area contributed by atoms with Gasteiger partial charge >= 0.3 is 0 Å². The summed E-state index contributed by atoms with van der Waals surface area (Å²) < 4.78 is 2.27. The van der Waals surface area contributed by atoms with Crippen LogP contribution < -0.4 is 4.57 Å². The molecule has 4 aromatic rings. The van der Waals surface area contributed by atoms with Crippen molar-refractivity contribution < 1.29 is 4.57 Å². The topological polar surface area (TPSA) is 16.8 Å². The van der Waals surface area contributed by atoms with Gasteiger partial charge in [-0.2, -0.15) is 0 Å². The van der Waals surface area contributed by atoms with Crippen molar-refractivity contribution in [3.05, 3.63) is 93.9 Å². The summed E-state index contributed by atoms with van der Waals surface area (Å²) in [5.41, 5.74) is 17.7. The molecule has 0 saturated carbocycles. The number of fused-ring (bicyclic) bond motifs is 7. The lowest BCUT2D eigenvalue weighted by molar-refractivity contribution is -0.660. The van der Waals surface area contributed by atoms with E-state index in [4.69, 9.17) is 4.98 Å². The summed E-state index contributed by atoms with van der Waals surface area (Å²) in [6.07, 6.45) is 4.11. The molecule has 2 aliphatic carbocycles. The Morgan fingerprint density at radius 3 is 2.47 bits per heavy atom. The zero-order chi connectivity index (χ0) is 20.6. The van der Waals surface area contributed by atoms with Crippen LogP contribution >= 0.6 is 0 Å². The molecule has 2 aliphatic rings. The third-order valence-electron chi connectivity index (χ3n) is 6.93. The van der Waals surface area contributed by atoms with Crippen molar-refractivity contribution in [1.82, 2.24) is 4.98 Å². The van der Waals surface area contributed by atoms with Crippen LogP contribution in [0.25, 0.3) is 33.5 Å². The molecular weight excluding hydrogens is 364 g/mol. The van der Waals surface area contributed by atoms with Gasteiger partial charge in [0.25, 0.3) is 0 Å². The summed E-state index contributed by atoms with van der Waals surface area (Å²) >= 11 is 0. The highest BCUT2D eigenvalue weighted by Crippen LogP contribution is 2.53. The van der Waals surface area contributed by atoms with Crippen molar-refractivity contribution in [3.8, 4) is 33.5 Å². The van der Waals surface area contributed by atoms with Gasteiger partial charge in [-0.1, -0.05) is 30.3 Å². The monoisotopic (exact) mass is 389 g/mol. The molecule has 2 nitrogen and oxygen atoms in total. The van der Waals surface area contributed by atoms with Gasteiger partial charge in [-0.05, 0) is 77.8 Å². The molecular formula is C28H25N2+. The van der Waals surface area contributed by atoms with Crippen molar-refractivity contribution in [3.63, 3.8) is 0 Å². The minimum atomic E-state index is 0.909. The van der Waals surface area contributed by atoms with Crippen LogP contribution in [-0.2, 0) is 19.9 Å². The van der Waals surface area contributed by atoms with E-state index in [-0.39, 0.29) is 0 Å². The number of benzene rings is 2. The van der Waals surface area contributed by atoms with Crippen LogP contribution in [0.3, 0.4) is 0 Å². The normalized spacial score (nSPS) is 13.1. The minimum Gasteiger partial charge on any atom is -0.257 e. The third kappa shape index (κ3) is 2.31. The van der Waals surface area contributed by atoms with Crippen LogP contribution in [0.5, 0.6) is 0 Å². The van der Waals surface area contributed by atoms with E-state index in [1.54, 1.807) is 0 Å². The molecule has 2 aromatic carbocycles. The molecule has 146 valence electrons. The Labute approximate surface area is 177 Å². The largest absolute Gasteiger partial charge is 0.257 e. The Morgan fingerprint density at radius 1 is 0.800 bits per heavy atom. The Bertz CT molecular complexity index is 1380. The summed E-state index contributed by atoms with van der Waals surface area (Å²) in [5, 5.41) is 0. The van der Waals surface area contributed by atoms with Gasteiger partial charge in [-0.25, -0.2) is 4.57 Å². The molecule has 0 bridgehead atoms. The summed E-state index contributed by atoms with van der Waals surface area (Å²) in [7, 11) is 2.16. The van der Waals surface area contributed by atoms with Crippen LogP contribution in [0, 0.1) is 20.8 Å². The Balaban J connectivity index is 1.76. The lowest BCUT2D eigenvalue weighted by atomic mass is 9.85. The van der Waals surface area contributed by atoms with Crippen LogP contribution in [0.2, 0.25) is 0 Å². The molecule has 2 heteroatoms. The van der Waals surface area contributed by atoms with Gasteiger partial charge < -0.3 is 0 Å². The maximum absolute atomic E-state index is 4.95. The highest BCUT2D eigenvalue weighted by molar-refractivity contribution is 5.99. The van der Waals surface area contributed by atoms with Gasteiger partial charge in [0.2, 0.25) is 5.69 Å². The molecule has 30 heavy (non-hydrogen) atoms. The SMILES string of the molecule is Cc1cc[n+](C)c(-c2c(C)c3c(c4c2Cc2nc(C)ccc2-4)-c2ccccc2C3)c1. The second-order valence-electron chi connectivity index (χ2n) is 8.86. The summed E-state index contributed by atoms with van der Waals surface area (Å²) in [6, 6.07) is 17.9. The molecule has 0 atom stereocenters. The molecule has 0 radical (unpaired) electrons. The molecule has 0 unspecified atom stereocenters. The Hall–Kier alpha value is -3.26. The Kier molecular flexibility index (Phi) is 3.59. The average Bonchev–Trinajstić information content (AvgIpc) is 3.28.